The number of rotatable bonds is 3. The van der Waals surface area contributed by atoms with Crippen LogP contribution in [0.5, 0.6) is 0 Å². The van der Waals surface area contributed by atoms with E-state index in [1.54, 1.807) is 0 Å². The first-order valence-corrected chi connectivity index (χ1v) is 4.10. The molecule has 62 valence electrons. The van der Waals surface area contributed by atoms with Gasteiger partial charge in [0.1, 0.15) is 5.25 Å². The molecule has 0 saturated carbocycles. The van der Waals surface area contributed by atoms with E-state index < -0.39 is 11.4 Å². The third kappa shape index (κ3) is 3.31. The topological polar surface area (TPSA) is 26.0 Å². The number of nitrogens with two attached hydrogens (primary N) is 1. The van der Waals surface area contributed by atoms with Crippen LogP contribution in [-0.4, -0.2) is 24.2 Å². The van der Waals surface area contributed by atoms with Crippen LogP contribution < -0.4 is 5.73 Å². The second-order valence-electron chi connectivity index (χ2n) is 1.84. The normalized spacial score (nSPS) is 15.3. The van der Waals surface area contributed by atoms with Gasteiger partial charge in [-0.15, -0.1) is 0 Å². The molecule has 1 atom stereocenters. The third-order valence-corrected chi connectivity index (χ3v) is 2.15. The summed E-state index contributed by atoms with van der Waals surface area (Å²) in [5.74, 6) is 0. The van der Waals surface area contributed by atoms with Crippen LogP contribution in [0.15, 0.2) is 0 Å². The van der Waals surface area contributed by atoms with Crippen molar-refractivity contribution in [2.24, 2.45) is 5.73 Å². The van der Waals surface area contributed by atoms with E-state index >= 15 is 0 Å². The monoisotopic (exact) mass is 173 g/mol. The van der Waals surface area contributed by atoms with Gasteiger partial charge in [0.2, 0.25) is 0 Å². The van der Waals surface area contributed by atoms with E-state index in [9.17, 15) is 13.2 Å². The number of thioether (sulfide) groups is 1. The Morgan fingerprint density at radius 1 is 1.50 bits per heavy atom. The molecule has 0 aromatic rings. The molecule has 10 heavy (non-hydrogen) atoms. The maximum atomic E-state index is 11.8. The first-order valence-electron chi connectivity index (χ1n) is 2.82. The first kappa shape index (κ1) is 10.1. The smallest absolute Gasteiger partial charge is 0.330 e. The van der Waals surface area contributed by atoms with Gasteiger partial charge in [-0.2, -0.15) is 24.9 Å². The van der Waals surface area contributed by atoms with Crippen LogP contribution in [0.1, 0.15) is 6.42 Å². The molecular formula is C5H10F3NS. The van der Waals surface area contributed by atoms with Crippen molar-refractivity contribution in [3.8, 4) is 0 Å². The first-order chi connectivity index (χ1) is 4.52. The van der Waals surface area contributed by atoms with Crippen LogP contribution in [0.2, 0.25) is 0 Å². The van der Waals surface area contributed by atoms with E-state index in [4.69, 9.17) is 5.73 Å². The van der Waals surface area contributed by atoms with E-state index in [1.165, 1.54) is 6.26 Å². The second-order valence-corrected chi connectivity index (χ2v) is 2.88. The van der Waals surface area contributed by atoms with E-state index in [-0.39, 0.29) is 13.0 Å². The van der Waals surface area contributed by atoms with Gasteiger partial charge in [0.25, 0.3) is 0 Å². The Bertz CT molecular complexity index is 93.4. The number of hydrogen-bond donors (Lipinski definition) is 1. The van der Waals surface area contributed by atoms with Crippen LogP contribution in [0.4, 0.5) is 13.2 Å². The maximum Gasteiger partial charge on any atom is 0.400 e. The van der Waals surface area contributed by atoms with Crippen molar-refractivity contribution in [2.75, 3.05) is 12.8 Å². The molecule has 1 nitrogen and oxygen atoms in total. The lowest BCUT2D eigenvalue weighted by Gasteiger charge is -2.16. The van der Waals surface area contributed by atoms with Crippen molar-refractivity contribution in [3.05, 3.63) is 0 Å². The zero-order valence-corrected chi connectivity index (χ0v) is 6.43. The average Bonchev–Trinajstić information content (AvgIpc) is 1.80. The van der Waals surface area contributed by atoms with Crippen LogP contribution in [-0.2, 0) is 0 Å². The minimum atomic E-state index is -4.10. The lowest BCUT2D eigenvalue weighted by Crippen LogP contribution is -2.27. The molecule has 0 saturated heterocycles. The predicted octanol–water partition coefficient (Wildman–Crippen LogP) is 1.63. The molecule has 1 unspecified atom stereocenters. The molecule has 0 spiro atoms. The third-order valence-electron chi connectivity index (χ3n) is 1.08. The lowest BCUT2D eigenvalue weighted by atomic mass is 10.3. The molecule has 0 rings (SSSR count). The summed E-state index contributed by atoms with van der Waals surface area (Å²) in [5, 5.41) is -1.29. The second kappa shape index (κ2) is 4.08. The Balaban J connectivity index is 3.81. The van der Waals surface area contributed by atoms with Crippen molar-refractivity contribution < 1.29 is 13.2 Å². The number of hydrogen-bond acceptors (Lipinski definition) is 2. The van der Waals surface area contributed by atoms with Gasteiger partial charge >= 0.3 is 6.18 Å². The van der Waals surface area contributed by atoms with Crippen molar-refractivity contribution >= 4 is 11.8 Å². The van der Waals surface area contributed by atoms with Crippen molar-refractivity contribution in [1.82, 2.24) is 0 Å². The molecule has 0 aromatic heterocycles. The SMILES string of the molecule is CSC(CCN)C(F)(F)F. The molecule has 0 aliphatic heterocycles. The van der Waals surface area contributed by atoms with Gasteiger partial charge in [0.05, 0.1) is 0 Å². The predicted molar refractivity (Wildman–Crippen MR) is 37.0 cm³/mol. The Morgan fingerprint density at radius 3 is 2.10 bits per heavy atom. The van der Waals surface area contributed by atoms with Crippen molar-refractivity contribution in [2.45, 2.75) is 17.8 Å². The van der Waals surface area contributed by atoms with E-state index in [0.29, 0.717) is 0 Å². The van der Waals surface area contributed by atoms with Crippen molar-refractivity contribution in [1.29, 1.82) is 0 Å². The van der Waals surface area contributed by atoms with Gasteiger partial charge in [-0.1, -0.05) is 0 Å². The Labute approximate surface area is 62.2 Å². The molecule has 0 fully saturated rings. The summed E-state index contributed by atoms with van der Waals surface area (Å²) in [6.45, 7) is 0.0883. The van der Waals surface area contributed by atoms with Crippen LogP contribution in [0, 0.1) is 0 Å². The fraction of sp³-hybridized carbons (Fsp3) is 1.00. The summed E-state index contributed by atoms with van der Waals surface area (Å²) >= 11 is 0.796. The molecule has 0 heterocycles. The van der Waals surface area contributed by atoms with Gasteiger partial charge in [-0.05, 0) is 19.2 Å². The molecule has 0 aliphatic carbocycles. The fourth-order valence-electron chi connectivity index (χ4n) is 0.567. The molecular weight excluding hydrogens is 163 g/mol. The Morgan fingerprint density at radius 2 is 2.00 bits per heavy atom. The quantitative estimate of drug-likeness (QED) is 0.702. The molecule has 0 aliphatic rings. The van der Waals surface area contributed by atoms with Crippen LogP contribution in [0.25, 0.3) is 0 Å². The minimum Gasteiger partial charge on any atom is -0.330 e. The highest BCUT2D eigenvalue weighted by molar-refractivity contribution is 7.99. The van der Waals surface area contributed by atoms with Gasteiger partial charge in [0.15, 0.2) is 0 Å². The van der Waals surface area contributed by atoms with Gasteiger partial charge in [-0.3, -0.25) is 0 Å². The number of alkyl halides is 3. The van der Waals surface area contributed by atoms with E-state index in [1.807, 2.05) is 0 Å². The molecule has 0 bridgehead atoms. The van der Waals surface area contributed by atoms with Crippen LogP contribution >= 0.6 is 11.8 Å². The summed E-state index contributed by atoms with van der Waals surface area (Å²) in [6.07, 6.45) is -2.66. The maximum absolute atomic E-state index is 11.8. The lowest BCUT2D eigenvalue weighted by molar-refractivity contribution is -0.129. The zero-order valence-electron chi connectivity index (χ0n) is 5.61. The van der Waals surface area contributed by atoms with E-state index in [2.05, 4.69) is 0 Å². The largest absolute Gasteiger partial charge is 0.400 e. The summed E-state index contributed by atoms with van der Waals surface area (Å²) in [5.41, 5.74) is 4.99. The zero-order chi connectivity index (χ0) is 8.20. The number of halogens is 3. The highest BCUT2D eigenvalue weighted by Crippen LogP contribution is 2.30. The van der Waals surface area contributed by atoms with Crippen LogP contribution in [0.3, 0.4) is 0 Å². The van der Waals surface area contributed by atoms with Gasteiger partial charge < -0.3 is 5.73 Å². The fourth-order valence-corrected chi connectivity index (χ4v) is 1.21. The summed E-state index contributed by atoms with van der Waals surface area (Å²) in [6, 6.07) is 0. The van der Waals surface area contributed by atoms with Crippen molar-refractivity contribution in [3.63, 3.8) is 0 Å². The Kier molecular flexibility index (Phi) is 4.12. The summed E-state index contributed by atoms with van der Waals surface area (Å²) in [4.78, 5) is 0. The molecule has 5 heteroatoms. The summed E-state index contributed by atoms with van der Waals surface area (Å²) < 4.78 is 35.5. The van der Waals surface area contributed by atoms with E-state index in [0.717, 1.165) is 11.8 Å². The summed E-state index contributed by atoms with van der Waals surface area (Å²) in [7, 11) is 0. The molecule has 0 radical (unpaired) electrons. The molecule has 2 N–H and O–H groups in total. The molecule has 0 aromatic carbocycles. The molecule has 0 amide bonds. The average molecular weight is 173 g/mol. The minimum absolute atomic E-state index is 0.00463. The standard InChI is InChI=1S/C5H10F3NS/c1-10-4(2-3-9)5(6,7)8/h4H,2-3,9H2,1H3. The van der Waals surface area contributed by atoms with Gasteiger partial charge in [-0.25, -0.2) is 0 Å². The highest BCUT2D eigenvalue weighted by atomic mass is 32.2. The highest BCUT2D eigenvalue weighted by Gasteiger charge is 2.37. The van der Waals surface area contributed by atoms with Gasteiger partial charge in [0, 0.05) is 0 Å². The Hall–Kier alpha value is 0.100.